The van der Waals surface area contributed by atoms with Gasteiger partial charge in [0.05, 0.1) is 7.11 Å². The van der Waals surface area contributed by atoms with E-state index in [0.29, 0.717) is 24.7 Å². The molecule has 0 fully saturated rings. The van der Waals surface area contributed by atoms with Crippen LogP contribution in [0.15, 0.2) is 71.3 Å². The van der Waals surface area contributed by atoms with Crippen molar-refractivity contribution in [3.05, 3.63) is 93.8 Å². The molecule has 160 valence electrons. The van der Waals surface area contributed by atoms with Gasteiger partial charge in [-0.25, -0.2) is 4.39 Å². The Kier molecular flexibility index (Phi) is 6.89. The van der Waals surface area contributed by atoms with Crippen LogP contribution in [-0.4, -0.2) is 18.6 Å². The summed E-state index contributed by atoms with van der Waals surface area (Å²) in [6.45, 7) is 1.78. The highest BCUT2D eigenvalue weighted by Gasteiger charge is 2.15. The van der Waals surface area contributed by atoms with Crippen molar-refractivity contribution in [3.8, 4) is 11.5 Å². The molecule has 1 aromatic heterocycles. The maximum absolute atomic E-state index is 13.2. The predicted octanol–water partition coefficient (Wildman–Crippen LogP) is 5.99. The average Bonchev–Trinajstić information content (AvgIpc) is 3.20. The van der Waals surface area contributed by atoms with E-state index >= 15 is 0 Å². The fraction of sp³-hybridized carbons (Fsp3) is 0.200. The minimum Gasteiger partial charge on any atom is -0.493 e. The summed E-state index contributed by atoms with van der Waals surface area (Å²) in [5, 5.41) is 4.77. The van der Waals surface area contributed by atoms with E-state index in [4.69, 9.17) is 9.47 Å². The van der Waals surface area contributed by atoms with Crippen LogP contribution in [0.25, 0.3) is 10.9 Å². The number of benzene rings is 3. The van der Waals surface area contributed by atoms with Crippen molar-refractivity contribution in [2.24, 2.45) is 0 Å². The zero-order chi connectivity index (χ0) is 21.6. The van der Waals surface area contributed by atoms with Crippen molar-refractivity contribution in [1.82, 2.24) is 10.3 Å². The molecule has 2 N–H and O–H groups in total. The molecule has 4 nitrogen and oxygen atoms in total. The molecule has 0 aliphatic carbocycles. The van der Waals surface area contributed by atoms with E-state index in [1.165, 1.54) is 23.1 Å². The van der Waals surface area contributed by atoms with E-state index in [9.17, 15) is 4.39 Å². The Labute approximate surface area is 189 Å². The third kappa shape index (κ3) is 5.09. The monoisotopic (exact) mass is 482 g/mol. The number of methoxy groups -OCH3 is 1. The van der Waals surface area contributed by atoms with Crippen molar-refractivity contribution in [2.75, 3.05) is 13.7 Å². The first-order valence-corrected chi connectivity index (χ1v) is 10.9. The van der Waals surface area contributed by atoms with Crippen LogP contribution < -0.4 is 14.8 Å². The van der Waals surface area contributed by atoms with Crippen LogP contribution in [0.5, 0.6) is 11.5 Å². The number of para-hydroxylation sites is 1. The summed E-state index contributed by atoms with van der Waals surface area (Å²) >= 11 is 3.64. The van der Waals surface area contributed by atoms with Gasteiger partial charge in [0, 0.05) is 33.7 Å². The Morgan fingerprint density at radius 3 is 2.65 bits per heavy atom. The average molecular weight is 483 g/mol. The summed E-state index contributed by atoms with van der Waals surface area (Å²) in [4.78, 5) is 3.32. The molecule has 0 radical (unpaired) electrons. The largest absolute Gasteiger partial charge is 0.493 e. The lowest BCUT2D eigenvalue weighted by atomic mass is 10.1. The molecular formula is C25H24BrFN2O2. The van der Waals surface area contributed by atoms with Crippen LogP contribution in [0.3, 0.4) is 0 Å². The maximum atomic E-state index is 13.2. The van der Waals surface area contributed by atoms with Gasteiger partial charge < -0.3 is 19.8 Å². The molecule has 6 heteroatoms. The van der Waals surface area contributed by atoms with Crippen LogP contribution in [-0.2, 0) is 19.6 Å². The molecule has 0 amide bonds. The zero-order valence-corrected chi connectivity index (χ0v) is 18.8. The first-order chi connectivity index (χ1) is 15.2. The van der Waals surface area contributed by atoms with Crippen LogP contribution >= 0.6 is 15.9 Å². The lowest BCUT2D eigenvalue weighted by Crippen LogP contribution is -2.18. The van der Waals surface area contributed by atoms with Crippen LogP contribution in [0.2, 0.25) is 0 Å². The first kappa shape index (κ1) is 21.4. The lowest BCUT2D eigenvalue weighted by Gasteiger charge is -2.17. The fourth-order valence-electron chi connectivity index (χ4n) is 3.58. The van der Waals surface area contributed by atoms with Crippen molar-refractivity contribution in [1.29, 1.82) is 0 Å². The number of nitrogens with one attached hydrogen (secondary N) is 2. The maximum Gasteiger partial charge on any atom is 0.167 e. The molecule has 31 heavy (non-hydrogen) atoms. The fourth-order valence-corrected chi connectivity index (χ4v) is 4.03. The molecule has 4 rings (SSSR count). The molecule has 0 aliphatic heterocycles. The normalized spacial score (nSPS) is 11.1. The van der Waals surface area contributed by atoms with Crippen molar-refractivity contribution < 1.29 is 13.9 Å². The highest BCUT2D eigenvalue weighted by molar-refractivity contribution is 9.10. The molecule has 0 atom stereocenters. The third-order valence-electron chi connectivity index (χ3n) is 5.23. The number of fused-ring (bicyclic) bond motifs is 1. The Morgan fingerprint density at radius 2 is 1.84 bits per heavy atom. The summed E-state index contributed by atoms with van der Waals surface area (Å²) in [5.41, 5.74) is 4.33. The third-order valence-corrected chi connectivity index (χ3v) is 5.97. The number of rotatable bonds is 9. The number of aromatic nitrogens is 1. The van der Waals surface area contributed by atoms with Gasteiger partial charge in [0.1, 0.15) is 12.4 Å². The molecule has 1 heterocycles. The number of hydrogen-bond donors (Lipinski definition) is 2. The van der Waals surface area contributed by atoms with Crippen LogP contribution in [0, 0.1) is 5.82 Å². The number of halogens is 2. The topological polar surface area (TPSA) is 46.3 Å². The number of hydrogen-bond acceptors (Lipinski definition) is 3. The quantitative estimate of drug-likeness (QED) is 0.288. The standard InChI is InChI=1S/C25H24BrFN2O2/c1-30-24-11-10-22(26)21(25(24)31-16-17-6-8-19(27)9-7-17)15-28-13-12-18-14-29-23-5-3-2-4-20(18)23/h2-11,14,28-29H,12-13,15-16H2,1H3. The van der Waals surface area contributed by atoms with Gasteiger partial charge in [0.2, 0.25) is 0 Å². The molecule has 0 saturated carbocycles. The van der Waals surface area contributed by atoms with Gasteiger partial charge in [-0.2, -0.15) is 0 Å². The summed E-state index contributed by atoms with van der Waals surface area (Å²) in [6, 6.07) is 18.5. The van der Waals surface area contributed by atoms with Crippen LogP contribution in [0.4, 0.5) is 4.39 Å². The second-order valence-corrected chi connectivity index (χ2v) is 8.11. The van der Waals surface area contributed by atoms with E-state index in [0.717, 1.165) is 34.1 Å². The van der Waals surface area contributed by atoms with Crippen LogP contribution in [0.1, 0.15) is 16.7 Å². The molecule has 0 bridgehead atoms. The summed E-state index contributed by atoms with van der Waals surface area (Å²) in [7, 11) is 1.63. The molecular weight excluding hydrogens is 459 g/mol. The zero-order valence-electron chi connectivity index (χ0n) is 17.3. The van der Waals surface area contributed by atoms with Gasteiger partial charge in [-0.1, -0.05) is 46.3 Å². The first-order valence-electron chi connectivity index (χ1n) is 10.1. The van der Waals surface area contributed by atoms with Crippen molar-refractivity contribution in [3.63, 3.8) is 0 Å². The molecule has 0 unspecified atom stereocenters. The van der Waals surface area contributed by atoms with Crippen molar-refractivity contribution in [2.45, 2.75) is 19.6 Å². The highest BCUT2D eigenvalue weighted by Crippen LogP contribution is 2.36. The summed E-state index contributed by atoms with van der Waals surface area (Å²) in [5.74, 6) is 1.09. The van der Waals surface area contributed by atoms with E-state index in [-0.39, 0.29) is 5.82 Å². The van der Waals surface area contributed by atoms with Gasteiger partial charge >= 0.3 is 0 Å². The van der Waals surface area contributed by atoms with Crippen molar-refractivity contribution >= 4 is 26.8 Å². The van der Waals surface area contributed by atoms with Gasteiger partial charge in [-0.05, 0) is 54.4 Å². The van der Waals surface area contributed by atoms with Gasteiger partial charge in [-0.15, -0.1) is 0 Å². The Bertz CT molecular complexity index is 1160. The van der Waals surface area contributed by atoms with E-state index in [1.807, 2.05) is 18.2 Å². The smallest absolute Gasteiger partial charge is 0.167 e. The molecule has 3 aromatic carbocycles. The van der Waals surface area contributed by atoms with Gasteiger partial charge in [-0.3, -0.25) is 0 Å². The SMILES string of the molecule is COc1ccc(Br)c(CNCCc2c[nH]c3ccccc23)c1OCc1ccc(F)cc1. The highest BCUT2D eigenvalue weighted by atomic mass is 79.9. The van der Waals surface area contributed by atoms with Gasteiger partial charge in [0.25, 0.3) is 0 Å². The number of H-pyrrole nitrogens is 1. The molecule has 0 spiro atoms. The Balaban J connectivity index is 1.43. The van der Waals surface area contributed by atoms with Gasteiger partial charge in [0.15, 0.2) is 11.5 Å². The van der Waals surface area contributed by atoms with E-state index in [2.05, 4.69) is 50.6 Å². The second-order valence-electron chi connectivity index (χ2n) is 7.26. The molecule has 4 aromatic rings. The minimum atomic E-state index is -0.260. The van der Waals surface area contributed by atoms with E-state index < -0.39 is 0 Å². The Hall–Kier alpha value is -2.83. The summed E-state index contributed by atoms with van der Waals surface area (Å²) < 4.78 is 25.7. The van der Waals surface area contributed by atoms with E-state index in [1.54, 1.807) is 19.2 Å². The minimum absolute atomic E-state index is 0.260. The lowest BCUT2D eigenvalue weighted by molar-refractivity contribution is 0.280. The Morgan fingerprint density at radius 1 is 1.03 bits per heavy atom. The number of ether oxygens (including phenoxy) is 2. The second kappa shape index (κ2) is 9.98. The predicted molar refractivity (Wildman–Crippen MR) is 125 cm³/mol. The summed E-state index contributed by atoms with van der Waals surface area (Å²) in [6.07, 6.45) is 2.99. The molecule has 0 aliphatic rings. The number of aromatic amines is 1. The molecule has 0 saturated heterocycles.